The average molecular weight is 722 g/mol. The van der Waals surface area contributed by atoms with Crippen LogP contribution < -0.4 is 16.4 Å². The van der Waals surface area contributed by atoms with Gasteiger partial charge in [-0.2, -0.15) is 0 Å². The molecule has 278 valence electrons. The zero-order valence-electron chi connectivity index (χ0n) is 30.7. The fourth-order valence-corrected chi connectivity index (χ4v) is 8.31. The molecule has 1 saturated heterocycles. The first-order chi connectivity index (χ1) is 23.9. The standard InChI is InChI=1S/C39H55N5O6S/c1-38(2,3)43-36(47)30-21-25-16-10-11-18-27(25)22-44(30)23-31(45)33(42-37(48)35(40)39(4,5)51(6,49)50)32(24-14-8-7-9-15-24)34(46)29-20-26-17-12-13-19-28(26)41-29/h7-9,12-15,17,19-20,25,27,30-33,35,41,45H,10-11,16,18,21-23,40H2,1-6H3,(H,42,48)(H,43,47)/t25-,27+,30?,31?,32?,33?,35+/m0/s1. The highest BCUT2D eigenvalue weighted by Crippen LogP contribution is 2.39. The Bertz CT molecular complexity index is 1780. The number of piperidine rings is 1. The lowest BCUT2D eigenvalue weighted by atomic mass is 9.72. The molecule has 4 unspecified atom stereocenters. The van der Waals surface area contributed by atoms with E-state index in [0.717, 1.165) is 42.8 Å². The molecule has 11 nitrogen and oxygen atoms in total. The molecule has 0 radical (unpaired) electrons. The molecule has 7 atom stereocenters. The molecule has 1 aliphatic heterocycles. The van der Waals surface area contributed by atoms with Gasteiger partial charge in [0.25, 0.3) is 0 Å². The molecule has 2 aliphatic rings. The van der Waals surface area contributed by atoms with Gasteiger partial charge in [-0.05, 0) is 77.0 Å². The molecule has 51 heavy (non-hydrogen) atoms. The molecular weight excluding hydrogens is 667 g/mol. The van der Waals surface area contributed by atoms with E-state index in [1.165, 1.54) is 13.8 Å². The fraction of sp³-hybridized carbons (Fsp3) is 0.564. The lowest BCUT2D eigenvalue weighted by Crippen LogP contribution is -2.63. The Morgan fingerprint density at radius 1 is 0.980 bits per heavy atom. The van der Waals surface area contributed by atoms with Crippen LogP contribution in [0.4, 0.5) is 0 Å². The summed E-state index contributed by atoms with van der Waals surface area (Å²) in [7, 11) is -3.79. The number of likely N-dealkylation sites (tertiary alicyclic amines) is 1. The maximum absolute atomic E-state index is 14.7. The van der Waals surface area contributed by atoms with Crippen LogP contribution in [0, 0.1) is 11.8 Å². The number of aromatic amines is 1. The van der Waals surface area contributed by atoms with Crippen LogP contribution in [-0.4, -0.2) is 94.9 Å². The number of nitrogens with one attached hydrogen (secondary N) is 3. The summed E-state index contributed by atoms with van der Waals surface area (Å²) in [6, 6.07) is 14.9. The number of hydrogen-bond acceptors (Lipinski definition) is 8. The van der Waals surface area contributed by atoms with Crippen molar-refractivity contribution < 1.29 is 27.9 Å². The van der Waals surface area contributed by atoms with Gasteiger partial charge < -0.3 is 26.5 Å². The number of nitrogens with zero attached hydrogens (tertiary/aromatic N) is 1. The van der Waals surface area contributed by atoms with Crippen LogP contribution in [0.25, 0.3) is 10.9 Å². The molecule has 6 N–H and O–H groups in total. The maximum Gasteiger partial charge on any atom is 0.238 e. The first kappa shape index (κ1) is 38.6. The van der Waals surface area contributed by atoms with Crippen LogP contribution in [0.1, 0.15) is 88.7 Å². The Morgan fingerprint density at radius 3 is 2.24 bits per heavy atom. The first-order valence-electron chi connectivity index (χ1n) is 18.0. The van der Waals surface area contributed by atoms with Gasteiger partial charge in [0, 0.05) is 35.8 Å². The smallest absolute Gasteiger partial charge is 0.238 e. The van der Waals surface area contributed by atoms with Crippen LogP contribution in [0.5, 0.6) is 0 Å². The summed E-state index contributed by atoms with van der Waals surface area (Å²) < 4.78 is 23.8. The third-order valence-corrected chi connectivity index (χ3v) is 13.2. The number of Topliss-reactive ketones (excluding diaryl/α,β-unsaturated/α-hetero) is 1. The van der Waals surface area contributed by atoms with E-state index in [9.17, 15) is 27.9 Å². The van der Waals surface area contributed by atoms with Crippen molar-refractivity contribution in [2.24, 2.45) is 17.6 Å². The van der Waals surface area contributed by atoms with Gasteiger partial charge in [0.05, 0.1) is 34.5 Å². The molecule has 1 aromatic heterocycles. The van der Waals surface area contributed by atoms with Crippen LogP contribution in [0.2, 0.25) is 0 Å². The van der Waals surface area contributed by atoms with E-state index in [1.807, 2.05) is 56.0 Å². The summed E-state index contributed by atoms with van der Waals surface area (Å²) in [5.41, 5.74) is 7.50. The second kappa shape index (κ2) is 15.2. The Balaban J connectivity index is 1.56. The van der Waals surface area contributed by atoms with Crippen LogP contribution in [-0.2, 0) is 19.4 Å². The zero-order valence-corrected chi connectivity index (χ0v) is 31.5. The number of benzene rings is 2. The third kappa shape index (κ3) is 8.73. The molecule has 1 saturated carbocycles. The third-order valence-electron chi connectivity index (χ3n) is 11.0. The number of rotatable bonds is 12. The summed E-state index contributed by atoms with van der Waals surface area (Å²) in [5, 5.41) is 19.2. The topological polar surface area (TPSA) is 175 Å². The zero-order chi connectivity index (χ0) is 37.3. The summed E-state index contributed by atoms with van der Waals surface area (Å²) >= 11 is 0. The van der Waals surface area contributed by atoms with Crippen LogP contribution >= 0.6 is 0 Å². The number of amides is 2. The predicted octanol–water partition coefficient (Wildman–Crippen LogP) is 3.93. The minimum atomic E-state index is -3.79. The molecule has 2 heterocycles. The number of fused-ring (bicyclic) bond motifs is 2. The lowest BCUT2D eigenvalue weighted by molar-refractivity contribution is -0.133. The van der Waals surface area contributed by atoms with Crippen molar-refractivity contribution in [3.63, 3.8) is 0 Å². The van der Waals surface area contributed by atoms with Crippen molar-refractivity contribution in [2.45, 2.75) is 107 Å². The van der Waals surface area contributed by atoms with E-state index in [0.29, 0.717) is 36.1 Å². The second-order valence-electron chi connectivity index (χ2n) is 16.2. The van der Waals surface area contributed by atoms with Gasteiger partial charge >= 0.3 is 0 Å². The number of H-pyrrole nitrogens is 1. The van der Waals surface area contributed by atoms with Gasteiger partial charge in [-0.15, -0.1) is 0 Å². The van der Waals surface area contributed by atoms with Crippen molar-refractivity contribution in [1.82, 2.24) is 20.5 Å². The number of ketones is 1. The largest absolute Gasteiger partial charge is 0.390 e. The number of sulfone groups is 1. The van der Waals surface area contributed by atoms with Crippen molar-refractivity contribution in [1.29, 1.82) is 0 Å². The van der Waals surface area contributed by atoms with Crippen molar-refractivity contribution >= 4 is 38.3 Å². The summed E-state index contributed by atoms with van der Waals surface area (Å²) in [6.45, 7) is 9.15. The number of para-hydroxylation sites is 1. The molecule has 0 spiro atoms. The van der Waals surface area contributed by atoms with Crippen molar-refractivity contribution in [2.75, 3.05) is 19.3 Å². The minimum absolute atomic E-state index is 0.00951. The Morgan fingerprint density at radius 2 is 1.61 bits per heavy atom. The molecule has 2 aromatic carbocycles. The quantitative estimate of drug-likeness (QED) is 0.175. The first-order valence-corrected chi connectivity index (χ1v) is 19.9. The number of nitrogens with two attached hydrogens (primary N) is 1. The number of hydrogen-bond donors (Lipinski definition) is 5. The molecule has 2 fully saturated rings. The van der Waals surface area contributed by atoms with Gasteiger partial charge in [0.1, 0.15) is 6.04 Å². The summed E-state index contributed by atoms with van der Waals surface area (Å²) in [6.07, 6.45) is 4.65. The van der Waals surface area contributed by atoms with E-state index in [4.69, 9.17) is 5.73 Å². The molecular formula is C39H55N5O6S. The molecule has 2 amide bonds. The molecule has 3 aromatic rings. The number of β-amino-alcohol motifs (C(OH)–C–C–N with tert-alkyl or cyclic N) is 1. The Hall–Kier alpha value is -3.58. The number of aromatic nitrogens is 1. The van der Waals surface area contributed by atoms with E-state index in [1.54, 1.807) is 30.3 Å². The highest BCUT2D eigenvalue weighted by atomic mass is 32.2. The normalized spacial score (nSPS) is 22.7. The van der Waals surface area contributed by atoms with E-state index < -0.39 is 56.2 Å². The van der Waals surface area contributed by atoms with Gasteiger partial charge in [-0.3, -0.25) is 19.3 Å². The van der Waals surface area contributed by atoms with E-state index >= 15 is 0 Å². The summed E-state index contributed by atoms with van der Waals surface area (Å²) in [5.74, 6) is -1.64. The maximum atomic E-state index is 14.7. The lowest BCUT2D eigenvalue weighted by Gasteiger charge is -2.47. The van der Waals surface area contributed by atoms with E-state index in [-0.39, 0.29) is 18.2 Å². The van der Waals surface area contributed by atoms with E-state index in [2.05, 4.69) is 15.6 Å². The number of carbonyl (C=O) groups excluding carboxylic acids is 3. The van der Waals surface area contributed by atoms with Crippen molar-refractivity contribution in [3.05, 3.63) is 71.9 Å². The van der Waals surface area contributed by atoms with Gasteiger partial charge in [0.2, 0.25) is 11.8 Å². The minimum Gasteiger partial charge on any atom is -0.390 e. The monoisotopic (exact) mass is 721 g/mol. The molecule has 0 bridgehead atoms. The molecule has 12 heteroatoms. The van der Waals surface area contributed by atoms with Crippen molar-refractivity contribution in [3.8, 4) is 0 Å². The fourth-order valence-electron chi connectivity index (χ4n) is 7.74. The van der Waals surface area contributed by atoms with Gasteiger partial charge in [-0.25, -0.2) is 8.42 Å². The Kier molecular flexibility index (Phi) is 11.5. The number of aliphatic hydroxyl groups is 1. The van der Waals surface area contributed by atoms with Crippen LogP contribution in [0.3, 0.4) is 0 Å². The SMILES string of the molecule is CC(C)(C)NC(=O)C1C[C@@H]2CCCC[C@@H]2CN1CC(O)C(NC(=O)[C@@H](N)C(C)(C)S(C)(=O)=O)C(C(=O)c1cc2ccccc2[nH]1)c1ccccc1. The highest BCUT2D eigenvalue weighted by Gasteiger charge is 2.46. The van der Waals surface area contributed by atoms with Crippen LogP contribution in [0.15, 0.2) is 60.7 Å². The molecule has 5 rings (SSSR count). The highest BCUT2D eigenvalue weighted by molar-refractivity contribution is 7.92. The predicted molar refractivity (Wildman–Crippen MR) is 200 cm³/mol. The van der Waals surface area contributed by atoms with Gasteiger partial charge in [-0.1, -0.05) is 67.8 Å². The second-order valence-corrected chi connectivity index (χ2v) is 18.8. The summed E-state index contributed by atoms with van der Waals surface area (Å²) in [4.78, 5) is 47.7. The molecule has 1 aliphatic carbocycles. The number of carbonyl (C=O) groups is 3. The average Bonchev–Trinajstić information content (AvgIpc) is 3.51. The number of aliphatic hydroxyl groups excluding tert-OH is 1. The Labute approximate surface area is 302 Å². The van der Waals surface area contributed by atoms with Gasteiger partial charge in [0.15, 0.2) is 15.6 Å².